The zero-order valence-electron chi connectivity index (χ0n) is 7.88. The van der Waals surface area contributed by atoms with Gasteiger partial charge in [-0.05, 0) is 52.5 Å². The predicted octanol–water partition coefficient (Wildman–Crippen LogP) is 1.39. The third kappa shape index (κ3) is 5.20. The third-order valence-corrected chi connectivity index (χ3v) is 2.33. The third-order valence-electron chi connectivity index (χ3n) is 2.33. The van der Waals surface area contributed by atoms with Crippen LogP contribution in [0.1, 0.15) is 12.8 Å². The molecule has 76 valence electrons. The number of nitrogens with one attached hydrogen (secondary N) is 1. The van der Waals surface area contributed by atoms with E-state index < -0.39 is 0 Å². The van der Waals surface area contributed by atoms with E-state index in [2.05, 4.69) is 17.3 Å². The number of hydrogen-bond acceptors (Lipinski definition) is 2. The highest BCUT2D eigenvalue weighted by Crippen LogP contribution is 2.14. The molecule has 0 amide bonds. The number of likely N-dealkylation sites (tertiary alicyclic amines) is 1. The van der Waals surface area contributed by atoms with Gasteiger partial charge < -0.3 is 10.2 Å². The average molecular weight is 215 g/mol. The van der Waals surface area contributed by atoms with Crippen LogP contribution in [0.5, 0.6) is 0 Å². The minimum atomic E-state index is 0. The van der Waals surface area contributed by atoms with Crippen molar-refractivity contribution in [2.24, 2.45) is 5.92 Å². The van der Waals surface area contributed by atoms with E-state index in [1.165, 1.54) is 32.5 Å². The van der Waals surface area contributed by atoms with Crippen LogP contribution in [0.4, 0.5) is 0 Å². The molecule has 1 saturated heterocycles. The highest BCUT2D eigenvalue weighted by molar-refractivity contribution is 5.85. The summed E-state index contributed by atoms with van der Waals surface area (Å²) in [7, 11) is 4.24. The van der Waals surface area contributed by atoms with Crippen LogP contribution in [-0.2, 0) is 0 Å². The van der Waals surface area contributed by atoms with Gasteiger partial charge in [0, 0.05) is 0 Å². The maximum absolute atomic E-state index is 3.23. The van der Waals surface area contributed by atoms with Gasteiger partial charge in [-0.3, -0.25) is 0 Å². The summed E-state index contributed by atoms with van der Waals surface area (Å²) in [5.41, 5.74) is 0. The molecule has 0 atom stereocenters. The number of rotatable bonds is 2. The van der Waals surface area contributed by atoms with Crippen LogP contribution in [0.15, 0.2) is 0 Å². The van der Waals surface area contributed by atoms with Crippen molar-refractivity contribution in [2.75, 3.05) is 33.7 Å². The summed E-state index contributed by atoms with van der Waals surface area (Å²) in [6.07, 6.45) is 2.74. The van der Waals surface area contributed by atoms with Gasteiger partial charge in [-0.2, -0.15) is 0 Å². The Balaban J connectivity index is 0. The van der Waals surface area contributed by atoms with Crippen LogP contribution in [-0.4, -0.2) is 38.6 Å². The molecule has 4 heteroatoms. The van der Waals surface area contributed by atoms with Gasteiger partial charge in [0.1, 0.15) is 0 Å². The number of piperidine rings is 1. The quantitative estimate of drug-likeness (QED) is 0.748. The first-order valence-electron chi connectivity index (χ1n) is 4.16. The highest BCUT2D eigenvalue weighted by Gasteiger charge is 2.14. The van der Waals surface area contributed by atoms with Gasteiger partial charge in [0.2, 0.25) is 0 Å². The molecular weight excluding hydrogens is 195 g/mol. The Kier molecular flexibility index (Phi) is 10.1. The van der Waals surface area contributed by atoms with Gasteiger partial charge in [0.15, 0.2) is 0 Å². The largest absolute Gasteiger partial charge is 0.319 e. The molecule has 0 aromatic carbocycles. The van der Waals surface area contributed by atoms with Crippen molar-refractivity contribution in [1.29, 1.82) is 0 Å². The fraction of sp³-hybridized carbons (Fsp3) is 1.00. The summed E-state index contributed by atoms with van der Waals surface area (Å²) in [6, 6.07) is 0. The average Bonchev–Trinajstić information content (AvgIpc) is 1.95. The van der Waals surface area contributed by atoms with Crippen LogP contribution >= 0.6 is 24.8 Å². The maximum atomic E-state index is 3.23. The second-order valence-electron chi connectivity index (χ2n) is 3.30. The summed E-state index contributed by atoms with van der Waals surface area (Å²) in [6.45, 7) is 3.77. The molecular formula is C8H20Cl2N2. The molecule has 2 nitrogen and oxygen atoms in total. The molecule has 0 saturated carbocycles. The van der Waals surface area contributed by atoms with Crippen LogP contribution in [0.3, 0.4) is 0 Å². The first kappa shape index (κ1) is 15.0. The van der Waals surface area contributed by atoms with Crippen molar-refractivity contribution in [3.8, 4) is 0 Å². The molecule has 1 N–H and O–H groups in total. The predicted molar refractivity (Wildman–Crippen MR) is 58.6 cm³/mol. The topological polar surface area (TPSA) is 15.3 Å². The van der Waals surface area contributed by atoms with Gasteiger partial charge in [-0.25, -0.2) is 0 Å². The lowest BCUT2D eigenvalue weighted by Gasteiger charge is -2.28. The maximum Gasteiger partial charge on any atom is -0.00187 e. The molecule has 1 aliphatic rings. The summed E-state index contributed by atoms with van der Waals surface area (Å²) in [5, 5.41) is 3.23. The summed E-state index contributed by atoms with van der Waals surface area (Å²) < 4.78 is 0. The summed E-state index contributed by atoms with van der Waals surface area (Å²) >= 11 is 0. The Morgan fingerprint density at radius 2 is 1.75 bits per heavy atom. The summed E-state index contributed by atoms with van der Waals surface area (Å²) in [4.78, 5) is 2.41. The monoisotopic (exact) mass is 214 g/mol. The normalized spacial score (nSPS) is 19.5. The van der Waals surface area contributed by atoms with E-state index in [0.717, 1.165) is 5.92 Å². The van der Waals surface area contributed by atoms with Crippen LogP contribution in [0.25, 0.3) is 0 Å². The minimum absolute atomic E-state index is 0. The highest BCUT2D eigenvalue weighted by atomic mass is 35.5. The molecule has 0 unspecified atom stereocenters. The van der Waals surface area contributed by atoms with Crippen molar-refractivity contribution in [3.05, 3.63) is 0 Å². The molecule has 1 rings (SSSR count). The van der Waals surface area contributed by atoms with E-state index >= 15 is 0 Å². The molecule has 0 spiro atoms. The Morgan fingerprint density at radius 3 is 2.17 bits per heavy atom. The van der Waals surface area contributed by atoms with Gasteiger partial charge in [-0.1, -0.05) is 0 Å². The second kappa shape index (κ2) is 8.11. The first-order chi connectivity index (χ1) is 4.83. The zero-order chi connectivity index (χ0) is 7.40. The Labute approximate surface area is 87.9 Å². The molecule has 0 aromatic rings. The second-order valence-corrected chi connectivity index (χ2v) is 3.30. The van der Waals surface area contributed by atoms with E-state index in [9.17, 15) is 0 Å². The lowest BCUT2D eigenvalue weighted by molar-refractivity contribution is 0.218. The molecule has 0 aromatic heterocycles. The van der Waals surface area contributed by atoms with E-state index in [1.54, 1.807) is 0 Å². The van der Waals surface area contributed by atoms with Crippen molar-refractivity contribution in [2.45, 2.75) is 12.8 Å². The van der Waals surface area contributed by atoms with Crippen molar-refractivity contribution >= 4 is 24.8 Å². The van der Waals surface area contributed by atoms with Crippen molar-refractivity contribution in [1.82, 2.24) is 10.2 Å². The SMILES string of the molecule is CNCC1CCN(C)CC1.Cl.Cl. The molecule has 12 heavy (non-hydrogen) atoms. The molecule has 0 bridgehead atoms. The smallest absolute Gasteiger partial charge is 0.00187 e. The molecule has 0 aliphatic carbocycles. The fourth-order valence-corrected chi connectivity index (χ4v) is 1.55. The lowest BCUT2D eigenvalue weighted by atomic mass is 9.97. The van der Waals surface area contributed by atoms with Crippen LogP contribution in [0.2, 0.25) is 0 Å². The minimum Gasteiger partial charge on any atom is -0.319 e. The van der Waals surface area contributed by atoms with Crippen molar-refractivity contribution < 1.29 is 0 Å². The number of hydrogen-bond donors (Lipinski definition) is 1. The molecule has 1 aliphatic heterocycles. The van der Waals surface area contributed by atoms with E-state index in [-0.39, 0.29) is 24.8 Å². The lowest BCUT2D eigenvalue weighted by Crippen LogP contribution is -2.34. The Morgan fingerprint density at radius 1 is 1.25 bits per heavy atom. The van der Waals surface area contributed by atoms with Gasteiger partial charge in [0.05, 0.1) is 0 Å². The summed E-state index contributed by atoms with van der Waals surface area (Å²) in [5.74, 6) is 0.932. The van der Waals surface area contributed by atoms with Gasteiger partial charge in [-0.15, -0.1) is 24.8 Å². The molecule has 0 radical (unpaired) electrons. The van der Waals surface area contributed by atoms with E-state index in [4.69, 9.17) is 0 Å². The van der Waals surface area contributed by atoms with Gasteiger partial charge in [0.25, 0.3) is 0 Å². The molecule has 1 heterocycles. The standard InChI is InChI=1S/C8H18N2.2ClH/c1-9-7-8-3-5-10(2)6-4-8;;/h8-9H,3-7H2,1-2H3;2*1H. The van der Waals surface area contributed by atoms with Crippen LogP contribution < -0.4 is 5.32 Å². The Bertz CT molecular complexity index is 93.1. The number of nitrogens with zero attached hydrogens (tertiary/aromatic N) is 1. The number of halogens is 2. The zero-order valence-corrected chi connectivity index (χ0v) is 9.51. The van der Waals surface area contributed by atoms with Crippen molar-refractivity contribution in [3.63, 3.8) is 0 Å². The van der Waals surface area contributed by atoms with E-state index in [0.29, 0.717) is 0 Å². The van der Waals surface area contributed by atoms with Gasteiger partial charge >= 0.3 is 0 Å². The van der Waals surface area contributed by atoms with E-state index in [1.807, 2.05) is 7.05 Å². The Hall–Kier alpha value is 0.500. The molecule has 1 fully saturated rings. The first-order valence-corrected chi connectivity index (χ1v) is 4.16. The van der Waals surface area contributed by atoms with Crippen LogP contribution in [0, 0.1) is 5.92 Å². The fourth-order valence-electron chi connectivity index (χ4n) is 1.55.